The Morgan fingerprint density at radius 2 is 1.79 bits per heavy atom. The molecule has 42 heavy (non-hydrogen) atoms. The summed E-state index contributed by atoms with van der Waals surface area (Å²) in [6.45, 7) is 20.0. The standard InChI is InChI=1S/C34H55NO5SSi/c1-11-42(12-2,13-3)40-30-21-31(36)39-29(25(6)20-28-22-41-27(8)35-28)19-18-23(4)16-14-15-17-24(5)32(37)26(7)33(38)34(30,9)10/h14-15,18,20,22,24,26,29-30,32,37H,11-13,16-17,19,21H2,1-10H3/b15-14+,23-18-,25-20+/t24-,26+,29-,30-,32-/m0/s1. The van der Waals surface area contributed by atoms with Crippen molar-refractivity contribution in [2.24, 2.45) is 17.3 Å². The molecule has 1 aliphatic rings. The SMILES string of the molecule is CC[Si](CC)(CC)O[C@H]1CC(=O)O[C@H](/C(C)=C/c2csc(C)n2)C/C=C(/C)C/C=C/C[C@H](C)[C@H](O)[C@@H](C)C(=O)C1(C)C. The number of ether oxygens (including phenoxy) is 1. The number of aliphatic hydroxyl groups is 1. The summed E-state index contributed by atoms with van der Waals surface area (Å²) in [5, 5.41) is 14.2. The molecule has 2 rings (SSSR count). The zero-order chi connectivity index (χ0) is 31.7. The number of hydrogen-bond donors (Lipinski definition) is 1. The minimum atomic E-state index is -2.19. The summed E-state index contributed by atoms with van der Waals surface area (Å²) < 4.78 is 13.1. The lowest BCUT2D eigenvalue weighted by Crippen LogP contribution is -2.51. The third-order valence-electron chi connectivity index (χ3n) is 9.21. The normalized spacial score (nSPS) is 29.4. The number of aryl methyl sites for hydroxylation is 1. The topological polar surface area (TPSA) is 85.7 Å². The lowest BCUT2D eigenvalue weighted by Gasteiger charge is -2.42. The van der Waals surface area contributed by atoms with Gasteiger partial charge in [0.2, 0.25) is 0 Å². The molecule has 1 aromatic heterocycles. The van der Waals surface area contributed by atoms with E-state index in [9.17, 15) is 14.7 Å². The highest BCUT2D eigenvalue weighted by molar-refractivity contribution is 7.09. The second kappa shape index (κ2) is 16.3. The Morgan fingerprint density at radius 3 is 2.36 bits per heavy atom. The first-order valence-electron chi connectivity index (χ1n) is 15.7. The van der Waals surface area contributed by atoms with Crippen molar-refractivity contribution in [1.82, 2.24) is 4.98 Å². The molecule has 0 saturated carbocycles. The summed E-state index contributed by atoms with van der Waals surface area (Å²) in [6.07, 6.45) is 8.41. The Bertz CT molecular complexity index is 1120. The van der Waals surface area contributed by atoms with Crippen molar-refractivity contribution in [2.75, 3.05) is 0 Å². The highest BCUT2D eigenvalue weighted by Crippen LogP contribution is 2.37. The number of nitrogens with zero attached hydrogens (tertiary/aromatic N) is 1. The highest BCUT2D eigenvalue weighted by Gasteiger charge is 2.46. The maximum absolute atomic E-state index is 14.0. The van der Waals surface area contributed by atoms with Crippen molar-refractivity contribution >= 4 is 37.5 Å². The van der Waals surface area contributed by atoms with Crippen molar-refractivity contribution < 1.29 is 23.9 Å². The van der Waals surface area contributed by atoms with Crippen LogP contribution in [0, 0.1) is 24.2 Å². The van der Waals surface area contributed by atoms with Crippen LogP contribution in [0.25, 0.3) is 6.08 Å². The van der Waals surface area contributed by atoms with Crippen molar-refractivity contribution in [3.05, 3.63) is 45.5 Å². The summed E-state index contributed by atoms with van der Waals surface area (Å²) in [5.74, 6) is -1.13. The summed E-state index contributed by atoms with van der Waals surface area (Å²) in [6, 6.07) is 2.71. The molecule has 5 atom stereocenters. The number of allylic oxidation sites excluding steroid dienone is 3. The van der Waals surface area contributed by atoms with E-state index in [-0.39, 0.29) is 24.1 Å². The number of carbonyl (C=O) groups excluding carboxylic acids is 2. The lowest BCUT2D eigenvalue weighted by atomic mass is 9.73. The molecule has 0 amide bonds. The molecule has 0 aliphatic carbocycles. The number of hydrogen-bond acceptors (Lipinski definition) is 7. The molecule has 0 aromatic carbocycles. The monoisotopic (exact) mass is 617 g/mol. The van der Waals surface area contributed by atoms with Crippen LogP contribution in [0.1, 0.15) is 98.7 Å². The zero-order valence-electron chi connectivity index (χ0n) is 27.7. The van der Waals surface area contributed by atoms with Crippen LogP contribution >= 0.6 is 11.3 Å². The molecule has 8 heteroatoms. The lowest BCUT2D eigenvalue weighted by molar-refractivity contribution is -0.153. The van der Waals surface area contributed by atoms with Gasteiger partial charge in [0.1, 0.15) is 11.9 Å². The van der Waals surface area contributed by atoms with E-state index >= 15 is 0 Å². The van der Waals surface area contributed by atoms with Gasteiger partial charge in [0, 0.05) is 23.1 Å². The maximum Gasteiger partial charge on any atom is 0.309 e. The Hall–Kier alpha value is -1.87. The largest absolute Gasteiger partial charge is 0.457 e. The van der Waals surface area contributed by atoms with E-state index in [1.165, 1.54) is 5.57 Å². The van der Waals surface area contributed by atoms with E-state index in [0.29, 0.717) is 12.8 Å². The summed E-state index contributed by atoms with van der Waals surface area (Å²) >= 11 is 1.59. The Morgan fingerprint density at radius 1 is 1.14 bits per heavy atom. The van der Waals surface area contributed by atoms with E-state index in [1.807, 2.05) is 46.1 Å². The molecule has 0 unspecified atom stereocenters. The number of esters is 1. The third kappa shape index (κ3) is 9.83. The number of rotatable bonds is 7. The molecule has 1 N–H and O–H groups in total. The molecule has 0 saturated heterocycles. The first kappa shape index (κ1) is 36.3. The van der Waals surface area contributed by atoms with Gasteiger partial charge < -0.3 is 14.3 Å². The first-order valence-corrected chi connectivity index (χ1v) is 19.1. The molecule has 0 fully saturated rings. The average Bonchev–Trinajstić information content (AvgIpc) is 3.37. The predicted octanol–water partition coefficient (Wildman–Crippen LogP) is 8.46. The van der Waals surface area contributed by atoms with Crippen molar-refractivity contribution in [2.45, 2.75) is 131 Å². The van der Waals surface area contributed by atoms with E-state index in [1.54, 1.807) is 18.3 Å². The number of aromatic nitrogens is 1. The van der Waals surface area contributed by atoms with Gasteiger partial charge in [-0.25, -0.2) is 4.98 Å². The van der Waals surface area contributed by atoms with Crippen LogP contribution in [0.2, 0.25) is 18.1 Å². The predicted molar refractivity (Wildman–Crippen MR) is 177 cm³/mol. The van der Waals surface area contributed by atoms with Crippen molar-refractivity contribution in [3.63, 3.8) is 0 Å². The molecule has 6 nitrogen and oxygen atoms in total. The summed E-state index contributed by atoms with van der Waals surface area (Å²) in [7, 11) is -2.19. The van der Waals surface area contributed by atoms with Gasteiger partial charge in [0.25, 0.3) is 0 Å². The molecule has 236 valence electrons. The van der Waals surface area contributed by atoms with Crippen LogP contribution in [0.15, 0.2) is 34.8 Å². The van der Waals surface area contributed by atoms with Crippen molar-refractivity contribution in [1.29, 1.82) is 0 Å². The van der Waals surface area contributed by atoms with Crippen LogP contribution in [0.3, 0.4) is 0 Å². The van der Waals surface area contributed by atoms with Gasteiger partial charge in [0.05, 0.1) is 29.3 Å². The molecule has 0 spiro atoms. The van der Waals surface area contributed by atoms with Gasteiger partial charge in [-0.15, -0.1) is 11.3 Å². The molecule has 1 aliphatic heterocycles. The fraction of sp³-hybridized carbons (Fsp3) is 0.676. The van der Waals surface area contributed by atoms with E-state index in [0.717, 1.165) is 40.8 Å². The minimum Gasteiger partial charge on any atom is -0.457 e. The van der Waals surface area contributed by atoms with Gasteiger partial charge in [0.15, 0.2) is 8.32 Å². The van der Waals surface area contributed by atoms with Gasteiger partial charge in [-0.1, -0.05) is 72.3 Å². The first-order chi connectivity index (χ1) is 19.7. The Kier molecular flexibility index (Phi) is 14.1. The fourth-order valence-electron chi connectivity index (χ4n) is 5.71. The number of cyclic esters (lactones) is 1. The van der Waals surface area contributed by atoms with Crippen LogP contribution in [-0.2, 0) is 18.8 Å². The van der Waals surface area contributed by atoms with Crippen LogP contribution in [0.4, 0.5) is 0 Å². The highest BCUT2D eigenvalue weighted by atomic mass is 32.1. The van der Waals surface area contributed by atoms with Crippen LogP contribution < -0.4 is 0 Å². The smallest absolute Gasteiger partial charge is 0.309 e. The molecular weight excluding hydrogens is 563 g/mol. The Balaban J connectivity index is 2.55. The number of carbonyl (C=O) groups is 2. The quantitative estimate of drug-likeness (QED) is 0.188. The van der Waals surface area contributed by atoms with E-state index in [4.69, 9.17) is 9.16 Å². The molecule has 2 heterocycles. The molecule has 1 aromatic rings. The van der Waals surface area contributed by atoms with Gasteiger partial charge >= 0.3 is 5.97 Å². The van der Waals surface area contributed by atoms with Gasteiger partial charge in [-0.2, -0.15) is 0 Å². The second-order valence-corrected chi connectivity index (χ2v) is 18.5. The molecular formula is C34H55NO5SSi. The van der Waals surface area contributed by atoms with Crippen molar-refractivity contribution in [3.8, 4) is 0 Å². The molecule has 0 bridgehead atoms. The summed E-state index contributed by atoms with van der Waals surface area (Å²) in [5.41, 5.74) is 1.97. The Labute approximate surface area is 259 Å². The zero-order valence-corrected chi connectivity index (χ0v) is 29.5. The van der Waals surface area contributed by atoms with E-state index < -0.39 is 38.0 Å². The van der Waals surface area contributed by atoms with Crippen LogP contribution in [-0.4, -0.2) is 48.5 Å². The summed E-state index contributed by atoms with van der Waals surface area (Å²) in [4.78, 5) is 32.3. The number of Topliss-reactive ketones (excluding diaryl/α,β-unsaturated/α-hetero) is 1. The van der Waals surface area contributed by atoms with Gasteiger partial charge in [-0.3, -0.25) is 9.59 Å². The minimum absolute atomic E-state index is 0.0182. The average molecular weight is 618 g/mol. The van der Waals surface area contributed by atoms with Gasteiger partial charge in [-0.05, 0) is 69.3 Å². The number of ketones is 1. The second-order valence-electron chi connectivity index (χ2n) is 12.8. The maximum atomic E-state index is 14.0. The number of aliphatic hydroxyl groups excluding tert-OH is 1. The number of thiazole rings is 1. The fourth-order valence-corrected chi connectivity index (χ4v) is 9.26. The molecule has 0 radical (unpaired) electrons. The van der Waals surface area contributed by atoms with Crippen LogP contribution in [0.5, 0.6) is 0 Å². The third-order valence-corrected chi connectivity index (χ3v) is 14.7. The van der Waals surface area contributed by atoms with E-state index in [2.05, 4.69) is 50.9 Å².